The minimum absolute atomic E-state index is 0.0773. The van der Waals surface area contributed by atoms with E-state index in [0.717, 1.165) is 0 Å². The average Bonchev–Trinajstić information content (AvgIpc) is 2.30. The zero-order chi connectivity index (χ0) is 13.1. The topological polar surface area (TPSA) is 69.6 Å². The molecule has 94 valence electrons. The number of halogens is 2. The first kappa shape index (κ1) is 13.4. The van der Waals surface area contributed by atoms with Crippen molar-refractivity contribution >= 4 is 5.91 Å². The van der Waals surface area contributed by atoms with Gasteiger partial charge in [0, 0.05) is 11.1 Å². The Balaban J connectivity index is 2.74. The van der Waals surface area contributed by atoms with E-state index in [1.807, 2.05) is 5.32 Å². The third-order valence-corrected chi connectivity index (χ3v) is 2.29. The number of alkyl halides is 2. The lowest BCUT2D eigenvalue weighted by atomic mass is 10.1. The number of phenols is 1. The highest BCUT2D eigenvalue weighted by Crippen LogP contribution is 2.19. The van der Waals surface area contributed by atoms with E-state index in [0.29, 0.717) is 5.56 Å². The van der Waals surface area contributed by atoms with E-state index in [2.05, 4.69) is 0 Å². The number of carbonyl (C=O) groups is 1. The summed E-state index contributed by atoms with van der Waals surface area (Å²) in [6.07, 6.45) is 0. The molecule has 1 amide bonds. The Bertz CT molecular complexity index is 421. The molecule has 1 aromatic carbocycles. The number of benzene rings is 1. The quantitative estimate of drug-likeness (QED) is 0.742. The maximum absolute atomic E-state index is 12.7. The Hall–Kier alpha value is -1.69. The highest BCUT2D eigenvalue weighted by molar-refractivity contribution is 5.96. The fourth-order valence-electron chi connectivity index (χ4n) is 1.23. The fourth-order valence-corrected chi connectivity index (χ4v) is 1.23. The van der Waals surface area contributed by atoms with Gasteiger partial charge in [-0.3, -0.25) is 4.79 Å². The van der Waals surface area contributed by atoms with E-state index in [1.165, 1.54) is 25.1 Å². The van der Waals surface area contributed by atoms with E-state index in [4.69, 9.17) is 5.11 Å². The number of phenolic OH excluding ortho intramolecular Hbond substituents is 1. The summed E-state index contributed by atoms with van der Waals surface area (Å²) in [7, 11) is 0. The van der Waals surface area contributed by atoms with Crippen LogP contribution in [0.2, 0.25) is 0 Å². The largest absolute Gasteiger partial charge is 0.508 e. The first-order chi connectivity index (χ1) is 7.87. The summed E-state index contributed by atoms with van der Waals surface area (Å²) in [5, 5.41) is 19.7. The molecular weight excluding hydrogens is 232 g/mol. The van der Waals surface area contributed by atoms with Crippen LogP contribution in [0.5, 0.6) is 5.75 Å². The van der Waals surface area contributed by atoms with Gasteiger partial charge in [-0.15, -0.1) is 0 Å². The summed E-state index contributed by atoms with van der Waals surface area (Å²) in [5.41, 5.74) is 0.441. The normalized spacial score (nSPS) is 11.3. The Morgan fingerprint density at radius 2 is 2.12 bits per heavy atom. The Kier molecular flexibility index (Phi) is 4.01. The van der Waals surface area contributed by atoms with Crippen LogP contribution in [0.15, 0.2) is 18.2 Å². The fraction of sp³-hybridized carbons (Fsp3) is 0.364. The molecule has 1 aromatic rings. The predicted octanol–water partition coefficient (Wildman–Crippen LogP) is 1.06. The number of aliphatic hydroxyl groups is 1. The molecule has 3 N–H and O–H groups in total. The molecule has 0 bridgehead atoms. The number of aromatic hydroxyl groups is 1. The van der Waals surface area contributed by atoms with Gasteiger partial charge in [0.15, 0.2) is 0 Å². The highest BCUT2D eigenvalue weighted by Gasteiger charge is 2.28. The van der Waals surface area contributed by atoms with E-state index in [9.17, 15) is 18.7 Å². The molecule has 0 fully saturated rings. The number of nitrogens with one attached hydrogen (secondary N) is 1. The lowest BCUT2D eigenvalue weighted by molar-refractivity contribution is -0.0462. The molecule has 17 heavy (non-hydrogen) atoms. The van der Waals surface area contributed by atoms with E-state index in [-0.39, 0.29) is 11.3 Å². The maximum Gasteiger partial charge on any atom is 0.287 e. The van der Waals surface area contributed by atoms with E-state index < -0.39 is 25.0 Å². The summed E-state index contributed by atoms with van der Waals surface area (Å²) >= 11 is 0. The van der Waals surface area contributed by atoms with Crippen molar-refractivity contribution in [1.82, 2.24) is 5.32 Å². The Morgan fingerprint density at radius 3 is 2.71 bits per heavy atom. The van der Waals surface area contributed by atoms with Crippen LogP contribution >= 0.6 is 0 Å². The SMILES string of the molecule is Cc1c(O)cccc1C(=O)NCC(F)(F)CO. The summed E-state index contributed by atoms with van der Waals surface area (Å²) in [5.74, 6) is -4.14. The zero-order valence-corrected chi connectivity index (χ0v) is 9.20. The van der Waals surface area contributed by atoms with Gasteiger partial charge < -0.3 is 15.5 Å². The molecule has 0 atom stereocenters. The van der Waals surface area contributed by atoms with Gasteiger partial charge in [-0.25, -0.2) is 8.78 Å². The van der Waals surface area contributed by atoms with Crippen LogP contribution < -0.4 is 5.32 Å². The van der Waals surface area contributed by atoms with Crippen molar-refractivity contribution in [2.75, 3.05) is 13.2 Å². The van der Waals surface area contributed by atoms with Crippen molar-refractivity contribution < 1.29 is 23.8 Å². The van der Waals surface area contributed by atoms with Crippen molar-refractivity contribution in [2.24, 2.45) is 0 Å². The van der Waals surface area contributed by atoms with Crippen LogP contribution in [-0.4, -0.2) is 35.2 Å². The van der Waals surface area contributed by atoms with Crippen LogP contribution in [0.1, 0.15) is 15.9 Å². The minimum Gasteiger partial charge on any atom is -0.508 e. The standard InChI is InChI=1S/C11H13F2NO3/c1-7-8(3-2-4-9(7)16)10(17)14-5-11(12,13)6-15/h2-4,15-16H,5-6H2,1H3,(H,14,17). The number of rotatable bonds is 4. The van der Waals surface area contributed by atoms with Crippen molar-refractivity contribution in [3.05, 3.63) is 29.3 Å². The van der Waals surface area contributed by atoms with Crippen LogP contribution in [0.25, 0.3) is 0 Å². The molecule has 0 saturated heterocycles. The second-order valence-corrected chi connectivity index (χ2v) is 3.65. The second-order valence-electron chi connectivity index (χ2n) is 3.65. The first-order valence-electron chi connectivity index (χ1n) is 4.93. The lowest BCUT2D eigenvalue weighted by Crippen LogP contribution is -2.39. The second kappa shape index (κ2) is 5.09. The third kappa shape index (κ3) is 3.39. The van der Waals surface area contributed by atoms with Crippen molar-refractivity contribution in [3.8, 4) is 5.75 Å². The molecule has 0 spiro atoms. The number of hydrogen-bond donors (Lipinski definition) is 3. The molecule has 0 heterocycles. The smallest absolute Gasteiger partial charge is 0.287 e. The van der Waals surface area contributed by atoms with Gasteiger partial charge in [0.25, 0.3) is 11.8 Å². The van der Waals surface area contributed by atoms with Crippen molar-refractivity contribution in [2.45, 2.75) is 12.8 Å². The van der Waals surface area contributed by atoms with Crippen LogP contribution in [-0.2, 0) is 0 Å². The number of carbonyl (C=O) groups excluding carboxylic acids is 1. The van der Waals surface area contributed by atoms with E-state index >= 15 is 0 Å². The molecule has 0 aliphatic rings. The first-order valence-corrected chi connectivity index (χ1v) is 4.93. The highest BCUT2D eigenvalue weighted by atomic mass is 19.3. The van der Waals surface area contributed by atoms with Gasteiger partial charge in [-0.1, -0.05) is 6.07 Å². The van der Waals surface area contributed by atoms with Crippen LogP contribution in [0, 0.1) is 6.92 Å². The van der Waals surface area contributed by atoms with Gasteiger partial charge in [0.2, 0.25) is 0 Å². The van der Waals surface area contributed by atoms with Crippen LogP contribution in [0.3, 0.4) is 0 Å². The molecule has 1 rings (SSSR count). The van der Waals surface area contributed by atoms with Gasteiger partial charge >= 0.3 is 0 Å². The number of amides is 1. The summed E-state index contributed by atoms with van der Waals surface area (Å²) in [6.45, 7) is -0.766. The maximum atomic E-state index is 12.7. The number of aliphatic hydroxyl groups excluding tert-OH is 1. The minimum atomic E-state index is -3.35. The Labute approximate surface area is 96.9 Å². The summed E-state index contributed by atoms with van der Waals surface area (Å²) in [6, 6.07) is 4.26. The van der Waals surface area contributed by atoms with Gasteiger partial charge in [0.1, 0.15) is 12.4 Å². The lowest BCUT2D eigenvalue weighted by Gasteiger charge is -2.14. The Morgan fingerprint density at radius 1 is 1.47 bits per heavy atom. The molecule has 0 saturated carbocycles. The molecule has 0 radical (unpaired) electrons. The van der Waals surface area contributed by atoms with Gasteiger partial charge in [0.05, 0.1) is 6.54 Å². The molecule has 0 unspecified atom stereocenters. The molecule has 0 aromatic heterocycles. The molecule has 6 heteroatoms. The van der Waals surface area contributed by atoms with E-state index in [1.54, 1.807) is 0 Å². The zero-order valence-electron chi connectivity index (χ0n) is 9.20. The van der Waals surface area contributed by atoms with Crippen molar-refractivity contribution in [3.63, 3.8) is 0 Å². The van der Waals surface area contributed by atoms with Gasteiger partial charge in [-0.05, 0) is 19.1 Å². The monoisotopic (exact) mass is 245 g/mol. The van der Waals surface area contributed by atoms with Crippen LogP contribution in [0.4, 0.5) is 8.78 Å². The molecule has 0 aliphatic carbocycles. The molecule has 4 nitrogen and oxygen atoms in total. The molecule has 0 aliphatic heterocycles. The number of hydrogen-bond acceptors (Lipinski definition) is 3. The summed E-state index contributed by atoms with van der Waals surface area (Å²) in [4.78, 5) is 11.5. The summed E-state index contributed by atoms with van der Waals surface area (Å²) < 4.78 is 25.4. The average molecular weight is 245 g/mol. The van der Waals surface area contributed by atoms with Gasteiger partial charge in [-0.2, -0.15) is 0 Å². The molecular formula is C11H13F2NO3. The van der Waals surface area contributed by atoms with Crippen molar-refractivity contribution in [1.29, 1.82) is 0 Å². The third-order valence-electron chi connectivity index (χ3n) is 2.29. The predicted molar refractivity (Wildman–Crippen MR) is 57.2 cm³/mol.